The summed E-state index contributed by atoms with van der Waals surface area (Å²) < 4.78 is 65.7. The molecule has 0 aliphatic rings. The van der Waals surface area contributed by atoms with Gasteiger partial charge in [0.25, 0.3) is 0 Å². The van der Waals surface area contributed by atoms with Gasteiger partial charge in [0.15, 0.2) is 0 Å². The van der Waals surface area contributed by atoms with Crippen LogP contribution in [0.15, 0.2) is 0 Å². The smallest absolute Gasteiger partial charge is 0.453 e. The van der Waals surface area contributed by atoms with Crippen LogP contribution in [0.3, 0.4) is 0 Å². The normalized spacial score (nSPS) is 15.9. The lowest BCUT2D eigenvalue weighted by molar-refractivity contribution is -0.282. The molecule has 0 aliphatic heterocycles. The van der Waals surface area contributed by atoms with Crippen LogP contribution < -0.4 is 0 Å². The first kappa shape index (κ1) is 20.5. The summed E-state index contributed by atoms with van der Waals surface area (Å²) in [5, 5.41) is 0. The van der Waals surface area contributed by atoms with Crippen molar-refractivity contribution in [3.05, 3.63) is 0 Å². The Kier molecular flexibility index (Phi) is 7.45. The monoisotopic (exact) mass is 336 g/mol. The number of carbonyl (C=O) groups excluding carboxylic acids is 1. The maximum atomic E-state index is 12.8. The second kappa shape index (κ2) is 7.65. The quantitative estimate of drug-likeness (QED) is 0.476. The zero-order valence-electron chi connectivity index (χ0n) is 12.5. The minimum Gasteiger partial charge on any atom is -0.464 e. The van der Waals surface area contributed by atoms with E-state index in [9.17, 15) is 26.7 Å². The zero-order chi connectivity index (χ0) is 16.9. The molecule has 0 bridgehead atoms. The van der Waals surface area contributed by atoms with Gasteiger partial charge in [0.2, 0.25) is 0 Å². The van der Waals surface area contributed by atoms with Crippen LogP contribution in [0, 0.1) is 5.92 Å². The Labute approximate surface area is 125 Å². The van der Waals surface area contributed by atoms with Crippen molar-refractivity contribution in [2.24, 2.45) is 5.92 Å². The molecule has 126 valence electrons. The van der Waals surface area contributed by atoms with E-state index in [0.29, 0.717) is 0 Å². The molecule has 2 nitrogen and oxygen atoms in total. The van der Waals surface area contributed by atoms with Gasteiger partial charge in [0, 0.05) is 12.2 Å². The van der Waals surface area contributed by atoms with Gasteiger partial charge >= 0.3 is 18.1 Å². The highest BCUT2D eigenvalue weighted by Crippen LogP contribution is 2.40. The SMILES string of the molecule is CCC(C)(SCCC(F)(F)C(F)(F)F)C(=O)OCC(C)C. The van der Waals surface area contributed by atoms with E-state index in [1.807, 2.05) is 13.8 Å². The number of hydrogen-bond acceptors (Lipinski definition) is 3. The van der Waals surface area contributed by atoms with Gasteiger partial charge in [0.05, 0.1) is 6.61 Å². The summed E-state index contributed by atoms with van der Waals surface area (Å²) in [4.78, 5) is 11.9. The molecule has 0 N–H and O–H groups in total. The van der Waals surface area contributed by atoms with Crippen LogP contribution in [0.2, 0.25) is 0 Å². The van der Waals surface area contributed by atoms with Crippen LogP contribution in [0.4, 0.5) is 22.0 Å². The largest absolute Gasteiger partial charge is 0.464 e. The highest BCUT2D eigenvalue weighted by atomic mass is 32.2. The van der Waals surface area contributed by atoms with Crippen molar-refractivity contribution < 1.29 is 31.5 Å². The topological polar surface area (TPSA) is 26.3 Å². The molecule has 8 heteroatoms. The van der Waals surface area contributed by atoms with E-state index in [-0.39, 0.29) is 18.9 Å². The molecule has 0 aromatic rings. The number of esters is 1. The number of hydrogen-bond donors (Lipinski definition) is 0. The molecule has 0 radical (unpaired) electrons. The molecular formula is C13H21F5O2S. The fourth-order valence-corrected chi connectivity index (χ4v) is 2.44. The lowest BCUT2D eigenvalue weighted by Gasteiger charge is -2.27. The number of halogens is 5. The predicted octanol–water partition coefficient (Wildman–Crippen LogP) is 4.68. The minimum atomic E-state index is -5.56. The summed E-state index contributed by atoms with van der Waals surface area (Å²) in [5.41, 5.74) is 0. The van der Waals surface area contributed by atoms with Crippen LogP contribution in [0.25, 0.3) is 0 Å². The maximum Gasteiger partial charge on any atom is 0.453 e. The fourth-order valence-electron chi connectivity index (χ4n) is 1.25. The van der Waals surface area contributed by atoms with Gasteiger partial charge in [-0.1, -0.05) is 20.8 Å². The first-order chi connectivity index (χ1) is 9.35. The van der Waals surface area contributed by atoms with E-state index in [4.69, 9.17) is 4.74 Å². The van der Waals surface area contributed by atoms with Gasteiger partial charge in [-0.2, -0.15) is 22.0 Å². The average Bonchev–Trinajstić information content (AvgIpc) is 2.33. The van der Waals surface area contributed by atoms with Crippen LogP contribution in [0.5, 0.6) is 0 Å². The highest BCUT2D eigenvalue weighted by Gasteiger charge is 2.56. The average molecular weight is 336 g/mol. The lowest BCUT2D eigenvalue weighted by Crippen LogP contribution is -2.38. The van der Waals surface area contributed by atoms with E-state index in [2.05, 4.69) is 0 Å². The Bertz CT molecular complexity index is 344. The Morgan fingerprint density at radius 3 is 2.10 bits per heavy atom. The second-order valence-corrected chi connectivity index (χ2v) is 6.98. The molecule has 0 heterocycles. The lowest BCUT2D eigenvalue weighted by atomic mass is 10.1. The minimum absolute atomic E-state index is 0.120. The molecule has 0 aromatic heterocycles. The zero-order valence-corrected chi connectivity index (χ0v) is 13.3. The summed E-state index contributed by atoms with van der Waals surface area (Å²) in [6, 6.07) is 0. The Morgan fingerprint density at radius 1 is 1.19 bits per heavy atom. The first-order valence-electron chi connectivity index (χ1n) is 6.61. The molecular weight excluding hydrogens is 315 g/mol. The molecule has 21 heavy (non-hydrogen) atoms. The van der Waals surface area contributed by atoms with Crippen molar-refractivity contribution in [1.82, 2.24) is 0 Å². The Morgan fingerprint density at radius 2 is 1.71 bits per heavy atom. The highest BCUT2D eigenvalue weighted by molar-refractivity contribution is 8.01. The number of alkyl halides is 5. The van der Waals surface area contributed by atoms with Gasteiger partial charge in [-0.25, -0.2) is 0 Å². The molecule has 0 aromatic carbocycles. The standard InChI is InChI=1S/C13H21F5O2S/c1-5-11(4,10(19)20-8-9(2)3)21-7-6-12(14,15)13(16,17)18/h9H,5-8H2,1-4H3. The molecule has 0 fully saturated rings. The van der Waals surface area contributed by atoms with Crippen molar-refractivity contribution in [2.45, 2.75) is 57.4 Å². The molecule has 0 aliphatic carbocycles. The number of thioether (sulfide) groups is 1. The fraction of sp³-hybridized carbons (Fsp3) is 0.923. The summed E-state index contributed by atoms with van der Waals surface area (Å²) in [6.07, 6.45) is -6.63. The molecule has 0 saturated carbocycles. The summed E-state index contributed by atoms with van der Waals surface area (Å²) >= 11 is 0.772. The van der Waals surface area contributed by atoms with Gasteiger partial charge < -0.3 is 4.74 Å². The molecule has 0 spiro atoms. The van der Waals surface area contributed by atoms with Crippen molar-refractivity contribution in [1.29, 1.82) is 0 Å². The van der Waals surface area contributed by atoms with Crippen molar-refractivity contribution in [3.63, 3.8) is 0 Å². The van der Waals surface area contributed by atoms with Gasteiger partial charge in [-0.05, 0) is 19.3 Å². The Hall–Kier alpha value is -0.530. The van der Waals surface area contributed by atoms with E-state index >= 15 is 0 Å². The number of carbonyl (C=O) groups is 1. The molecule has 0 amide bonds. The molecule has 0 rings (SSSR count). The van der Waals surface area contributed by atoms with Gasteiger partial charge in [-0.15, -0.1) is 11.8 Å². The number of rotatable bonds is 8. The van der Waals surface area contributed by atoms with Crippen LogP contribution in [0.1, 0.15) is 40.5 Å². The number of ether oxygens (including phenoxy) is 1. The summed E-state index contributed by atoms with van der Waals surface area (Å²) in [7, 11) is 0. The van der Waals surface area contributed by atoms with Crippen LogP contribution >= 0.6 is 11.8 Å². The summed E-state index contributed by atoms with van der Waals surface area (Å²) in [5.74, 6) is -5.68. The third-order valence-corrected chi connectivity index (χ3v) is 4.41. The molecule has 0 saturated heterocycles. The first-order valence-corrected chi connectivity index (χ1v) is 7.60. The van der Waals surface area contributed by atoms with Crippen molar-refractivity contribution in [2.75, 3.05) is 12.4 Å². The van der Waals surface area contributed by atoms with Crippen molar-refractivity contribution >= 4 is 17.7 Å². The van der Waals surface area contributed by atoms with Crippen LogP contribution in [-0.4, -0.2) is 35.2 Å². The molecule has 1 unspecified atom stereocenters. The maximum absolute atomic E-state index is 12.8. The molecule has 1 atom stereocenters. The van der Waals surface area contributed by atoms with E-state index < -0.39 is 35.0 Å². The third kappa shape index (κ3) is 6.40. The van der Waals surface area contributed by atoms with E-state index in [1.165, 1.54) is 6.92 Å². The van der Waals surface area contributed by atoms with Gasteiger partial charge in [-0.3, -0.25) is 4.79 Å². The van der Waals surface area contributed by atoms with Crippen LogP contribution in [-0.2, 0) is 9.53 Å². The second-order valence-electron chi connectivity index (χ2n) is 5.38. The summed E-state index contributed by atoms with van der Waals surface area (Å²) in [6.45, 7) is 7.02. The Balaban J connectivity index is 4.53. The van der Waals surface area contributed by atoms with Gasteiger partial charge in [0.1, 0.15) is 4.75 Å². The predicted molar refractivity (Wildman–Crippen MR) is 72.6 cm³/mol. The van der Waals surface area contributed by atoms with E-state index in [0.717, 1.165) is 11.8 Å². The van der Waals surface area contributed by atoms with E-state index in [1.54, 1.807) is 6.92 Å². The van der Waals surface area contributed by atoms with Crippen molar-refractivity contribution in [3.8, 4) is 0 Å². The third-order valence-electron chi connectivity index (χ3n) is 2.91.